The molecule has 0 aliphatic heterocycles. The fourth-order valence-electron chi connectivity index (χ4n) is 1.34. The third-order valence-corrected chi connectivity index (χ3v) is 2.27. The Labute approximate surface area is 118 Å². The van der Waals surface area contributed by atoms with Crippen LogP contribution >= 0.6 is 11.6 Å². The Balaban J connectivity index is 2.97. The average Bonchev–Trinajstić information content (AvgIpc) is 2.32. The van der Waals surface area contributed by atoms with E-state index in [1.54, 1.807) is 13.0 Å². The molecule has 0 aliphatic carbocycles. The molecule has 1 aromatic rings. The topological polar surface area (TPSA) is 70.9 Å². The van der Waals surface area contributed by atoms with Gasteiger partial charge in [-0.05, 0) is 25.1 Å². The molecule has 0 unspecified atom stereocenters. The monoisotopic (exact) mass is 304 g/mol. The number of hydrazone groups is 1. The molecule has 20 heavy (non-hydrogen) atoms. The summed E-state index contributed by atoms with van der Waals surface area (Å²) in [6, 6.07) is 4.07. The van der Waals surface area contributed by atoms with E-state index in [0.29, 0.717) is 17.5 Å². The highest BCUT2D eigenvalue weighted by molar-refractivity contribution is 6.30. The Kier molecular flexibility index (Phi) is 5.92. The van der Waals surface area contributed by atoms with Crippen molar-refractivity contribution in [3.8, 4) is 5.75 Å². The van der Waals surface area contributed by atoms with Gasteiger partial charge in [-0.15, -0.1) is 0 Å². The SMILES string of the molecule is C/C=C(\N/N=C/C(=O)O)c1cc(Cl)cc(OC(F)F)c1. The molecule has 0 spiro atoms. The van der Waals surface area contributed by atoms with E-state index < -0.39 is 12.6 Å². The second kappa shape index (κ2) is 7.44. The third kappa shape index (κ3) is 5.23. The Hall–Kier alpha value is -2.15. The fraction of sp³-hybridized carbons (Fsp3) is 0.167. The predicted molar refractivity (Wildman–Crippen MR) is 71.0 cm³/mol. The third-order valence-electron chi connectivity index (χ3n) is 2.06. The normalized spacial score (nSPS) is 11.9. The van der Waals surface area contributed by atoms with Gasteiger partial charge in [0.05, 0.1) is 5.70 Å². The van der Waals surface area contributed by atoms with Crippen molar-refractivity contribution in [1.82, 2.24) is 5.43 Å². The Morgan fingerprint density at radius 2 is 2.20 bits per heavy atom. The number of carboxylic acids is 1. The summed E-state index contributed by atoms with van der Waals surface area (Å²) in [6.07, 6.45) is 2.24. The minimum Gasteiger partial charge on any atom is -0.477 e. The first-order valence-electron chi connectivity index (χ1n) is 5.36. The molecule has 0 amide bonds. The van der Waals surface area contributed by atoms with Crippen LogP contribution in [0, 0.1) is 0 Å². The van der Waals surface area contributed by atoms with E-state index in [0.717, 1.165) is 0 Å². The lowest BCUT2D eigenvalue weighted by Gasteiger charge is -2.10. The van der Waals surface area contributed by atoms with Crippen LogP contribution in [0.4, 0.5) is 8.78 Å². The van der Waals surface area contributed by atoms with Crippen LogP contribution in [0.3, 0.4) is 0 Å². The second-order valence-electron chi connectivity index (χ2n) is 3.46. The maximum atomic E-state index is 12.2. The molecule has 2 N–H and O–H groups in total. The number of ether oxygens (including phenoxy) is 1. The van der Waals surface area contributed by atoms with E-state index in [-0.39, 0.29) is 10.8 Å². The quantitative estimate of drug-likeness (QED) is 0.626. The number of hydrogen-bond acceptors (Lipinski definition) is 4. The predicted octanol–water partition coefficient (Wildman–Crippen LogP) is 2.96. The van der Waals surface area contributed by atoms with Gasteiger partial charge in [0.2, 0.25) is 0 Å². The summed E-state index contributed by atoms with van der Waals surface area (Å²) in [6.45, 7) is -1.30. The highest BCUT2D eigenvalue weighted by Gasteiger charge is 2.09. The van der Waals surface area contributed by atoms with Crippen LogP contribution in [0.15, 0.2) is 29.4 Å². The number of alkyl halides is 2. The molecule has 0 aromatic heterocycles. The van der Waals surface area contributed by atoms with Gasteiger partial charge < -0.3 is 9.84 Å². The van der Waals surface area contributed by atoms with Crippen LogP contribution in [0.25, 0.3) is 5.70 Å². The molecule has 0 radical (unpaired) electrons. The highest BCUT2D eigenvalue weighted by Crippen LogP contribution is 2.25. The van der Waals surface area contributed by atoms with E-state index >= 15 is 0 Å². The molecule has 0 saturated heterocycles. The standard InChI is InChI=1S/C12H11ClF2N2O3/c1-2-10(17-16-6-11(18)19)7-3-8(13)5-9(4-7)20-12(14)15/h2-6,12,17H,1H3,(H,18,19)/b10-2-,16-6+. The zero-order valence-electron chi connectivity index (χ0n) is 10.3. The smallest absolute Gasteiger partial charge is 0.387 e. The number of benzene rings is 1. The fourth-order valence-corrected chi connectivity index (χ4v) is 1.57. The summed E-state index contributed by atoms with van der Waals surface area (Å²) < 4.78 is 28.6. The molecule has 5 nitrogen and oxygen atoms in total. The Morgan fingerprint density at radius 3 is 2.75 bits per heavy atom. The van der Waals surface area contributed by atoms with Gasteiger partial charge in [0.1, 0.15) is 12.0 Å². The van der Waals surface area contributed by atoms with E-state index in [1.807, 2.05) is 0 Å². The van der Waals surface area contributed by atoms with E-state index in [9.17, 15) is 13.6 Å². The summed E-state index contributed by atoms with van der Waals surface area (Å²) in [5, 5.41) is 12.1. The molecule has 0 aliphatic rings. The largest absolute Gasteiger partial charge is 0.477 e. The molecule has 1 aromatic carbocycles. The first-order chi connectivity index (χ1) is 9.42. The highest BCUT2D eigenvalue weighted by atomic mass is 35.5. The summed E-state index contributed by atoms with van der Waals surface area (Å²) in [5.74, 6) is -1.33. The van der Waals surface area contributed by atoms with Crippen molar-refractivity contribution in [2.75, 3.05) is 0 Å². The van der Waals surface area contributed by atoms with Crippen LogP contribution in [-0.4, -0.2) is 23.9 Å². The van der Waals surface area contributed by atoms with Gasteiger partial charge in [0, 0.05) is 10.6 Å². The number of hydrogen-bond donors (Lipinski definition) is 2. The van der Waals surface area contributed by atoms with Gasteiger partial charge in [-0.2, -0.15) is 13.9 Å². The van der Waals surface area contributed by atoms with Crippen LogP contribution in [-0.2, 0) is 4.79 Å². The minimum atomic E-state index is -2.96. The van der Waals surface area contributed by atoms with Crippen molar-refractivity contribution in [1.29, 1.82) is 0 Å². The van der Waals surface area contributed by atoms with Crippen molar-refractivity contribution < 1.29 is 23.4 Å². The second-order valence-corrected chi connectivity index (χ2v) is 3.90. The molecule has 0 bridgehead atoms. The molecule has 0 heterocycles. The van der Waals surface area contributed by atoms with Gasteiger partial charge in [-0.3, -0.25) is 5.43 Å². The summed E-state index contributed by atoms with van der Waals surface area (Å²) >= 11 is 5.81. The Morgan fingerprint density at radius 1 is 1.50 bits per heavy atom. The number of halogens is 3. The first kappa shape index (κ1) is 15.9. The number of carboxylic acid groups (broad SMARTS) is 1. The summed E-state index contributed by atoms with van der Waals surface area (Å²) in [7, 11) is 0. The van der Waals surface area contributed by atoms with Gasteiger partial charge in [0.25, 0.3) is 0 Å². The van der Waals surface area contributed by atoms with Gasteiger partial charge in [-0.25, -0.2) is 4.79 Å². The minimum absolute atomic E-state index is 0.106. The van der Waals surface area contributed by atoms with Crippen LogP contribution in [0.1, 0.15) is 12.5 Å². The van der Waals surface area contributed by atoms with E-state index in [2.05, 4.69) is 15.3 Å². The zero-order valence-corrected chi connectivity index (χ0v) is 11.1. The number of nitrogens with zero attached hydrogens (tertiary/aromatic N) is 1. The van der Waals surface area contributed by atoms with Crippen molar-refractivity contribution in [2.45, 2.75) is 13.5 Å². The molecular weight excluding hydrogens is 294 g/mol. The zero-order chi connectivity index (χ0) is 15.1. The van der Waals surface area contributed by atoms with E-state index in [4.69, 9.17) is 16.7 Å². The number of rotatable bonds is 6. The van der Waals surface area contributed by atoms with Crippen LogP contribution < -0.4 is 10.2 Å². The van der Waals surface area contributed by atoms with Crippen LogP contribution in [0.2, 0.25) is 5.02 Å². The van der Waals surface area contributed by atoms with Crippen molar-refractivity contribution in [2.24, 2.45) is 5.10 Å². The van der Waals surface area contributed by atoms with Gasteiger partial charge in [-0.1, -0.05) is 17.7 Å². The maximum absolute atomic E-state index is 12.2. The number of allylic oxidation sites excluding steroid dienone is 1. The van der Waals surface area contributed by atoms with Crippen LogP contribution in [0.5, 0.6) is 5.75 Å². The van der Waals surface area contributed by atoms with E-state index in [1.165, 1.54) is 18.2 Å². The first-order valence-corrected chi connectivity index (χ1v) is 5.74. The molecule has 0 fully saturated rings. The van der Waals surface area contributed by atoms with Crippen molar-refractivity contribution in [3.05, 3.63) is 34.9 Å². The number of aliphatic carboxylic acids is 1. The molecule has 1 rings (SSSR count). The van der Waals surface area contributed by atoms with Crippen molar-refractivity contribution >= 4 is 29.5 Å². The summed E-state index contributed by atoms with van der Waals surface area (Å²) in [5.41, 5.74) is 3.29. The molecule has 0 saturated carbocycles. The lowest BCUT2D eigenvalue weighted by molar-refractivity contribution is -0.128. The molecule has 0 atom stereocenters. The van der Waals surface area contributed by atoms with Crippen molar-refractivity contribution in [3.63, 3.8) is 0 Å². The number of nitrogens with one attached hydrogen (secondary N) is 1. The lowest BCUT2D eigenvalue weighted by Crippen LogP contribution is -2.08. The molecular formula is C12H11ClF2N2O3. The average molecular weight is 305 g/mol. The van der Waals surface area contributed by atoms with Gasteiger partial charge >= 0.3 is 12.6 Å². The summed E-state index contributed by atoms with van der Waals surface area (Å²) in [4.78, 5) is 10.3. The maximum Gasteiger partial charge on any atom is 0.387 e. The molecule has 8 heteroatoms. The van der Waals surface area contributed by atoms with Gasteiger partial charge in [0.15, 0.2) is 0 Å². The number of carbonyl (C=O) groups is 1. The Bertz CT molecular complexity index is 548. The lowest BCUT2D eigenvalue weighted by atomic mass is 10.1. The molecule has 108 valence electrons.